The zero-order valence-corrected chi connectivity index (χ0v) is 10.8. The lowest BCUT2D eigenvalue weighted by atomic mass is 10.2. The van der Waals surface area contributed by atoms with Crippen molar-refractivity contribution < 1.29 is 14.3 Å². The van der Waals surface area contributed by atoms with Crippen LogP contribution in [0.1, 0.15) is 20.8 Å². The van der Waals surface area contributed by atoms with Crippen LogP contribution in [-0.2, 0) is 14.3 Å². The third kappa shape index (κ3) is 4.39. The number of amides is 1. The standard InChI is InChI=1S/C9H18BrNO3/c1-6(7(13-4)14-5)11-8(12)9(2,3)10/h6-7H,1-5H3,(H,11,12). The molecule has 0 radical (unpaired) electrons. The van der Waals surface area contributed by atoms with Gasteiger partial charge in [0.05, 0.1) is 10.4 Å². The number of rotatable bonds is 5. The van der Waals surface area contributed by atoms with Gasteiger partial charge in [-0.15, -0.1) is 0 Å². The Morgan fingerprint density at radius 1 is 1.36 bits per heavy atom. The van der Waals surface area contributed by atoms with Gasteiger partial charge in [-0.05, 0) is 20.8 Å². The first kappa shape index (κ1) is 13.9. The van der Waals surface area contributed by atoms with Crippen molar-refractivity contribution in [2.24, 2.45) is 0 Å². The molecule has 0 aliphatic carbocycles. The van der Waals surface area contributed by atoms with Crippen molar-refractivity contribution in [3.63, 3.8) is 0 Å². The highest BCUT2D eigenvalue weighted by atomic mass is 79.9. The molecule has 1 N–H and O–H groups in total. The number of hydrogen-bond donors (Lipinski definition) is 1. The van der Waals surface area contributed by atoms with E-state index in [0.717, 1.165) is 0 Å². The number of nitrogens with one attached hydrogen (secondary N) is 1. The van der Waals surface area contributed by atoms with E-state index < -0.39 is 10.6 Å². The second-order valence-electron chi connectivity index (χ2n) is 3.57. The van der Waals surface area contributed by atoms with E-state index in [1.54, 1.807) is 13.8 Å². The first-order chi connectivity index (χ1) is 6.32. The van der Waals surface area contributed by atoms with E-state index in [2.05, 4.69) is 21.2 Å². The summed E-state index contributed by atoms with van der Waals surface area (Å²) in [5.74, 6) is -0.0934. The van der Waals surface area contributed by atoms with Crippen molar-refractivity contribution >= 4 is 21.8 Å². The molecule has 0 aliphatic rings. The maximum atomic E-state index is 11.5. The monoisotopic (exact) mass is 267 g/mol. The van der Waals surface area contributed by atoms with Crippen LogP contribution in [0.15, 0.2) is 0 Å². The predicted molar refractivity (Wildman–Crippen MR) is 58.4 cm³/mol. The molecule has 0 aromatic carbocycles. The second kappa shape index (κ2) is 5.68. The normalized spacial score (nSPS) is 14.2. The fraction of sp³-hybridized carbons (Fsp3) is 0.889. The Morgan fingerprint density at radius 3 is 2.07 bits per heavy atom. The van der Waals surface area contributed by atoms with Gasteiger partial charge in [-0.2, -0.15) is 0 Å². The zero-order valence-electron chi connectivity index (χ0n) is 9.26. The summed E-state index contributed by atoms with van der Waals surface area (Å²) in [6.07, 6.45) is -0.422. The number of halogens is 1. The summed E-state index contributed by atoms with van der Waals surface area (Å²) in [6.45, 7) is 5.39. The molecule has 84 valence electrons. The quantitative estimate of drug-likeness (QED) is 0.603. The zero-order chi connectivity index (χ0) is 11.4. The molecule has 5 heteroatoms. The van der Waals surface area contributed by atoms with Crippen molar-refractivity contribution in [1.82, 2.24) is 5.32 Å². The maximum Gasteiger partial charge on any atom is 0.236 e. The van der Waals surface area contributed by atoms with Crippen LogP contribution in [0.25, 0.3) is 0 Å². The second-order valence-corrected chi connectivity index (χ2v) is 5.56. The van der Waals surface area contributed by atoms with Crippen LogP contribution in [0.4, 0.5) is 0 Å². The van der Waals surface area contributed by atoms with Crippen molar-refractivity contribution in [2.75, 3.05) is 14.2 Å². The van der Waals surface area contributed by atoms with Crippen molar-refractivity contribution in [3.8, 4) is 0 Å². The third-order valence-corrected chi connectivity index (χ3v) is 2.13. The number of carbonyl (C=O) groups is 1. The topological polar surface area (TPSA) is 47.6 Å². The molecule has 4 nitrogen and oxygen atoms in total. The molecular weight excluding hydrogens is 250 g/mol. The van der Waals surface area contributed by atoms with Gasteiger partial charge in [0.25, 0.3) is 0 Å². The first-order valence-electron chi connectivity index (χ1n) is 4.38. The molecule has 0 saturated carbocycles. The van der Waals surface area contributed by atoms with Crippen LogP contribution in [0.2, 0.25) is 0 Å². The number of carbonyl (C=O) groups excluding carboxylic acids is 1. The lowest BCUT2D eigenvalue weighted by Gasteiger charge is -2.25. The van der Waals surface area contributed by atoms with Crippen LogP contribution in [-0.4, -0.2) is 36.8 Å². The highest BCUT2D eigenvalue weighted by molar-refractivity contribution is 9.10. The minimum Gasteiger partial charge on any atom is -0.354 e. The molecule has 1 unspecified atom stereocenters. The molecule has 1 atom stereocenters. The largest absolute Gasteiger partial charge is 0.354 e. The summed E-state index contributed by atoms with van der Waals surface area (Å²) in [7, 11) is 3.08. The average Bonchev–Trinajstić information content (AvgIpc) is 2.04. The molecule has 0 saturated heterocycles. The van der Waals surface area contributed by atoms with Gasteiger partial charge >= 0.3 is 0 Å². The van der Waals surface area contributed by atoms with E-state index in [1.165, 1.54) is 14.2 Å². The average molecular weight is 268 g/mol. The van der Waals surface area contributed by atoms with Gasteiger partial charge in [-0.1, -0.05) is 15.9 Å². The molecule has 0 fully saturated rings. The van der Waals surface area contributed by atoms with Crippen molar-refractivity contribution in [3.05, 3.63) is 0 Å². The Balaban J connectivity index is 4.18. The molecule has 0 spiro atoms. The summed E-state index contributed by atoms with van der Waals surface area (Å²) < 4.78 is 9.47. The lowest BCUT2D eigenvalue weighted by molar-refractivity contribution is -0.136. The molecule has 0 aromatic heterocycles. The summed E-state index contributed by atoms with van der Waals surface area (Å²) in [6, 6.07) is -0.186. The Labute approximate surface area is 93.5 Å². The van der Waals surface area contributed by atoms with E-state index in [0.29, 0.717) is 0 Å². The number of methoxy groups -OCH3 is 2. The predicted octanol–water partition coefficient (Wildman–Crippen LogP) is 1.28. The van der Waals surface area contributed by atoms with Gasteiger partial charge in [-0.3, -0.25) is 4.79 Å². The van der Waals surface area contributed by atoms with E-state index >= 15 is 0 Å². The first-order valence-corrected chi connectivity index (χ1v) is 5.17. The van der Waals surface area contributed by atoms with Gasteiger partial charge in [0.2, 0.25) is 5.91 Å². The van der Waals surface area contributed by atoms with E-state index in [4.69, 9.17) is 9.47 Å². The molecule has 0 heterocycles. The van der Waals surface area contributed by atoms with Crippen molar-refractivity contribution in [1.29, 1.82) is 0 Å². The van der Waals surface area contributed by atoms with Crippen LogP contribution >= 0.6 is 15.9 Å². The van der Waals surface area contributed by atoms with Crippen LogP contribution in [0.3, 0.4) is 0 Å². The van der Waals surface area contributed by atoms with Crippen molar-refractivity contribution in [2.45, 2.75) is 37.4 Å². The molecule has 0 aliphatic heterocycles. The Morgan fingerprint density at radius 2 is 1.79 bits per heavy atom. The van der Waals surface area contributed by atoms with Crippen LogP contribution < -0.4 is 5.32 Å². The maximum absolute atomic E-state index is 11.5. The minimum absolute atomic E-state index is 0.0934. The molecule has 0 bridgehead atoms. The Hall–Kier alpha value is -0.130. The molecule has 0 aromatic rings. The highest BCUT2D eigenvalue weighted by Crippen LogP contribution is 2.16. The SMILES string of the molecule is COC(OC)C(C)NC(=O)C(C)(C)Br. The van der Waals surface area contributed by atoms with E-state index in [1.807, 2.05) is 6.92 Å². The molecule has 0 rings (SSSR count). The summed E-state index contributed by atoms with van der Waals surface area (Å²) in [5.41, 5.74) is 0. The third-order valence-electron chi connectivity index (χ3n) is 1.77. The van der Waals surface area contributed by atoms with Gasteiger partial charge in [-0.25, -0.2) is 0 Å². The Kier molecular flexibility index (Phi) is 5.63. The van der Waals surface area contributed by atoms with Crippen LogP contribution in [0, 0.1) is 0 Å². The fourth-order valence-corrected chi connectivity index (χ4v) is 1.07. The lowest BCUT2D eigenvalue weighted by Crippen LogP contribution is -2.48. The van der Waals surface area contributed by atoms with Gasteiger partial charge in [0.1, 0.15) is 0 Å². The molecule has 1 amide bonds. The fourth-order valence-electron chi connectivity index (χ4n) is 0.951. The van der Waals surface area contributed by atoms with E-state index in [9.17, 15) is 4.79 Å². The molecule has 14 heavy (non-hydrogen) atoms. The molecular formula is C9H18BrNO3. The smallest absolute Gasteiger partial charge is 0.236 e. The summed E-state index contributed by atoms with van der Waals surface area (Å²) >= 11 is 3.27. The van der Waals surface area contributed by atoms with Gasteiger partial charge in [0.15, 0.2) is 6.29 Å². The summed E-state index contributed by atoms with van der Waals surface area (Å²) in [5, 5.41) is 2.79. The van der Waals surface area contributed by atoms with E-state index in [-0.39, 0.29) is 11.9 Å². The Bertz CT molecular complexity index is 187. The number of ether oxygens (including phenoxy) is 2. The minimum atomic E-state index is -0.576. The summed E-state index contributed by atoms with van der Waals surface area (Å²) in [4.78, 5) is 11.5. The van der Waals surface area contributed by atoms with Gasteiger partial charge < -0.3 is 14.8 Å². The van der Waals surface area contributed by atoms with Gasteiger partial charge in [0, 0.05) is 14.2 Å². The number of alkyl halides is 1. The number of hydrogen-bond acceptors (Lipinski definition) is 3. The highest BCUT2D eigenvalue weighted by Gasteiger charge is 2.27. The van der Waals surface area contributed by atoms with Crippen LogP contribution in [0.5, 0.6) is 0 Å².